The Labute approximate surface area is 67.4 Å². The molecule has 11 heavy (non-hydrogen) atoms. The van der Waals surface area contributed by atoms with Gasteiger partial charge in [0.1, 0.15) is 0 Å². The summed E-state index contributed by atoms with van der Waals surface area (Å²) in [7, 11) is 0. The van der Waals surface area contributed by atoms with Crippen LogP contribution in [-0.2, 0) is 0 Å². The molecule has 0 aromatic heterocycles. The maximum Gasteiger partial charge on any atom is 0.0648 e. The van der Waals surface area contributed by atoms with Crippen molar-refractivity contribution in [1.29, 1.82) is 0 Å². The molecule has 1 aliphatic heterocycles. The molecule has 0 radical (unpaired) electrons. The second-order valence-electron chi connectivity index (χ2n) is 3.46. The SMILES string of the molecule is CC1=C2NCC(C)N=C2CC1. The number of fused-ring (bicyclic) bond motifs is 1. The molecule has 0 spiro atoms. The molecule has 1 atom stereocenters. The van der Waals surface area contributed by atoms with Gasteiger partial charge in [0.05, 0.1) is 17.5 Å². The summed E-state index contributed by atoms with van der Waals surface area (Å²) in [5.74, 6) is 0. The van der Waals surface area contributed by atoms with Gasteiger partial charge >= 0.3 is 0 Å². The fraction of sp³-hybridized carbons (Fsp3) is 0.667. The smallest absolute Gasteiger partial charge is 0.0648 e. The lowest BCUT2D eigenvalue weighted by atomic mass is 10.2. The van der Waals surface area contributed by atoms with E-state index in [1.807, 2.05) is 0 Å². The second kappa shape index (κ2) is 2.36. The number of hydrogen-bond donors (Lipinski definition) is 1. The molecule has 0 amide bonds. The standard InChI is InChI=1S/C9H14N2/c1-6-3-4-8-9(6)10-5-7(2)11-8/h7,10H,3-5H2,1-2H3. The first-order valence-electron chi connectivity index (χ1n) is 4.28. The number of nitrogens with one attached hydrogen (secondary N) is 1. The molecule has 0 aromatic rings. The van der Waals surface area contributed by atoms with E-state index >= 15 is 0 Å². The normalized spacial score (nSPS) is 29.6. The van der Waals surface area contributed by atoms with Crippen LogP contribution in [0.2, 0.25) is 0 Å². The predicted molar refractivity (Wildman–Crippen MR) is 46.8 cm³/mol. The first kappa shape index (κ1) is 6.89. The maximum absolute atomic E-state index is 4.59. The van der Waals surface area contributed by atoms with Crippen molar-refractivity contribution in [3.8, 4) is 0 Å². The van der Waals surface area contributed by atoms with Crippen LogP contribution >= 0.6 is 0 Å². The van der Waals surface area contributed by atoms with E-state index in [4.69, 9.17) is 0 Å². The van der Waals surface area contributed by atoms with Gasteiger partial charge in [0.2, 0.25) is 0 Å². The second-order valence-corrected chi connectivity index (χ2v) is 3.46. The lowest BCUT2D eigenvalue weighted by Gasteiger charge is -2.19. The first-order chi connectivity index (χ1) is 5.27. The van der Waals surface area contributed by atoms with Crippen molar-refractivity contribution in [3.63, 3.8) is 0 Å². The molecule has 1 N–H and O–H groups in total. The van der Waals surface area contributed by atoms with Crippen molar-refractivity contribution in [2.24, 2.45) is 4.99 Å². The Bertz CT molecular complexity index is 238. The lowest BCUT2D eigenvalue weighted by Crippen LogP contribution is -2.32. The van der Waals surface area contributed by atoms with E-state index in [9.17, 15) is 0 Å². The Hall–Kier alpha value is -0.790. The van der Waals surface area contributed by atoms with Gasteiger partial charge in [-0.2, -0.15) is 0 Å². The van der Waals surface area contributed by atoms with Crippen LogP contribution in [0.4, 0.5) is 0 Å². The van der Waals surface area contributed by atoms with E-state index < -0.39 is 0 Å². The molecule has 2 aliphatic rings. The average molecular weight is 150 g/mol. The molecule has 1 unspecified atom stereocenters. The van der Waals surface area contributed by atoms with Crippen LogP contribution < -0.4 is 5.32 Å². The first-order valence-corrected chi connectivity index (χ1v) is 4.28. The van der Waals surface area contributed by atoms with Gasteiger partial charge in [-0.3, -0.25) is 4.99 Å². The van der Waals surface area contributed by atoms with Crippen LogP contribution in [0.3, 0.4) is 0 Å². The average Bonchev–Trinajstić information content (AvgIpc) is 2.32. The van der Waals surface area contributed by atoms with Crippen molar-refractivity contribution >= 4 is 5.71 Å². The van der Waals surface area contributed by atoms with Gasteiger partial charge in [0.15, 0.2) is 0 Å². The third kappa shape index (κ3) is 1.06. The molecule has 2 rings (SSSR count). The van der Waals surface area contributed by atoms with Crippen molar-refractivity contribution < 1.29 is 0 Å². The molecule has 0 saturated carbocycles. The third-order valence-electron chi connectivity index (χ3n) is 2.40. The third-order valence-corrected chi connectivity index (χ3v) is 2.40. The minimum absolute atomic E-state index is 0.472. The van der Waals surface area contributed by atoms with Gasteiger partial charge in [-0.15, -0.1) is 0 Å². The number of aliphatic imine (C=N–C) groups is 1. The zero-order valence-electron chi connectivity index (χ0n) is 7.15. The predicted octanol–water partition coefficient (Wildman–Crippen LogP) is 1.49. The number of hydrogen-bond acceptors (Lipinski definition) is 2. The molecule has 1 heterocycles. The van der Waals surface area contributed by atoms with Crippen LogP contribution in [0, 0.1) is 0 Å². The molecule has 0 fully saturated rings. The van der Waals surface area contributed by atoms with E-state index in [0.717, 1.165) is 13.0 Å². The fourth-order valence-corrected chi connectivity index (χ4v) is 1.75. The fourth-order valence-electron chi connectivity index (χ4n) is 1.75. The van der Waals surface area contributed by atoms with Crippen LogP contribution in [0.1, 0.15) is 26.7 Å². The topological polar surface area (TPSA) is 24.4 Å². The summed E-state index contributed by atoms with van der Waals surface area (Å²) in [6.45, 7) is 5.36. The molecule has 2 nitrogen and oxygen atoms in total. The summed E-state index contributed by atoms with van der Waals surface area (Å²) in [5, 5.41) is 3.43. The van der Waals surface area contributed by atoms with Gasteiger partial charge in [-0.1, -0.05) is 0 Å². The Kier molecular flexibility index (Phi) is 1.48. The number of allylic oxidation sites excluding steroid dienone is 2. The summed E-state index contributed by atoms with van der Waals surface area (Å²) in [6, 6.07) is 0.472. The number of nitrogens with zero attached hydrogens (tertiary/aromatic N) is 1. The summed E-state index contributed by atoms with van der Waals surface area (Å²) in [6.07, 6.45) is 2.35. The molecular weight excluding hydrogens is 136 g/mol. The number of rotatable bonds is 0. The van der Waals surface area contributed by atoms with E-state index in [1.54, 1.807) is 0 Å². The van der Waals surface area contributed by atoms with E-state index in [2.05, 4.69) is 24.2 Å². The highest BCUT2D eigenvalue weighted by atomic mass is 15.0. The zero-order valence-corrected chi connectivity index (χ0v) is 7.15. The van der Waals surface area contributed by atoms with Gasteiger partial charge in [0, 0.05) is 6.54 Å². The molecule has 0 bridgehead atoms. The van der Waals surface area contributed by atoms with Gasteiger partial charge in [-0.25, -0.2) is 0 Å². The van der Waals surface area contributed by atoms with Crippen molar-refractivity contribution in [2.75, 3.05) is 6.54 Å². The lowest BCUT2D eigenvalue weighted by molar-refractivity contribution is 0.656. The minimum Gasteiger partial charge on any atom is -0.381 e. The largest absolute Gasteiger partial charge is 0.381 e. The summed E-state index contributed by atoms with van der Waals surface area (Å²) in [4.78, 5) is 4.59. The quantitative estimate of drug-likeness (QED) is 0.556. The summed E-state index contributed by atoms with van der Waals surface area (Å²) >= 11 is 0. The molecule has 60 valence electrons. The van der Waals surface area contributed by atoms with E-state index in [-0.39, 0.29) is 0 Å². The minimum atomic E-state index is 0.472. The van der Waals surface area contributed by atoms with E-state index in [1.165, 1.54) is 23.4 Å². The molecular formula is C9H14N2. The van der Waals surface area contributed by atoms with Gasteiger partial charge in [-0.05, 0) is 32.3 Å². The highest BCUT2D eigenvalue weighted by Crippen LogP contribution is 2.24. The maximum atomic E-state index is 4.59. The molecule has 0 saturated heterocycles. The Balaban J connectivity index is 2.34. The van der Waals surface area contributed by atoms with Crippen LogP contribution in [0.25, 0.3) is 0 Å². The van der Waals surface area contributed by atoms with Crippen LogP contribution in [0.5, 0.6) is 0 Å². The van der Waals surface area contributed by atoms with Crippen molar-refractivity contribution in [3.05, 3.63) is 11.3 Å². The highest BCUT2D eigenvalue weighted by Gasteiger charge is 2.22. The molecule has 1 aliphatic carbocycles. The van der Waals surface area contributed by atoms with Crippen molar-refractivity contribution in [2.45, 2.75) is 32.7 Å². The van der Waals surface area contributed by atoms with Crippen LogP contribution in [-0.4, -0.2) is 18.3 Å². The van der Waals surface area contributed by atoms with Gasteiger partial charge in [0.25, 0.3) is 0 Å². The monoisotopic (exact) mass is 150 g/mol. The summed E-state index contributed by atoms with van der Waals surface area (Å²) in [5.41, 5.74) is 4.12. The highest BCUT2D eigenvalue weighted by molar-refractivity contribution is 6.03. The van der Waals surface area contributed by atoms with Crippen LogP contribution in [0.15, 0.2) is 16.3 Å². The van der Waals surface area contributed by atoms with Gasteiger partial charge < -0.3 is 5.32 Å². The van der Waals surface area contributed by atoms with E-state index in [0.29, 0.717) is 6.04 Å². The van der Waals surface area contributed by atoms with Crippen molar-refractivity contribution in [1.82, 2.24) is 5.32 Å². The Morgan fingerprint density at radius 3 is 3.09 bits per heavy atom. The molecule has 2 heteroatoms. The Morgan fingerprint density at radius 1 is 1.45 bits per heavy atom. The molecule has 0 aromatic carbocycles. The Morgan fingerprint density at radius 2 is 2.27 bits per heavy atom. The summed E-state index contributed by atoms with van der Waals surface area (Å²) < 4.78 is 0. The zero-order chi connectivity index (χ0) is 7.84.